The maximum atomic E-state index is 11.8. The Morgan fingerprint density at radius 1 is 1.35 bits per heavy atom. The van der Waals surface area contributed by atoms with Gasteiger partial charge in [-0.2, -0.15) is 4.37 Å². The molecular formula is C12H22N4O2S2. The van der Waals surface area contributed by atoms with Crippen LogP contribution in [0.1, 0.15) is 20.3 Å². The SMILES string of the molecule is CCC(C)N1CCN(c2snc(N)c2S(C)(=O)=O)CC1. The summed E-state index contributed by atoms with van der Waals surface area (Å²) in [5.74, 6) is 0.122. The van der Waals surface area contributed by atoms with Crippen molar-refractivity contribution in [2.24, 2.45) is 0 Å². The fourth-order valence-electron chi connectivity index (χ4n) is 2.46. The molecule has 8 heteroatoms. The molecule has 20 heavy (non-hydrogen) atoms. The van der Waals surface area contributed by atoms with E-state index in [0.29, 0.717) is 11.0 Å². The summed E-state index contributed by atoms with van der Waals surface area (Å²) >= 11 is 1.18. The lowest BCUT2D eigenvalue weighted by Gasteiger charge is -2.38. The third-order valence-corrected chi connectivity index (χ3v) is 6.04. The number of rotatable bonds is 4. The van der Waals surface area contributed by atoms with Crippen molar-refractivity contribution in [3.05, 3.63) is 0 Å². The first-order valence-corrected chi connectivity index (χ1v) is 9.45. The summed E-state index contributed by atoms with van der Waals surface area (Å²) in [7, 11) is -3.34. The van der Waals surface area contributed by atoms with Gasteiger partial charge in [-0.3, -0.25) is 4.90 Å². The second-order valence-electron chi connectivity index (χ2n) is 5.25. The third kappa shape index (κ3) is 3.07. The second kappa shape index (κ2) is 5.87. The van der Waals surface area contributed by atoms with Crippen molar-refractivity contribution in [3.63, 3.8) is 0 Å². The van der Waals surface area contributed by atoms with Gasteiger partial charge in [0.1, 0.15) is 9.90 Å². The maximum absolute atomic E-state index is 11.8. The summed E-state index contributed by atoms with van der Waals surface area (Å²) in [4.78, 5) is 4.71. The number of anilines is 2. The van der Waals surface area contributed by atoms with Crippen LogP contribution in [-0.4, -0.2) is 56.2 Å². The number of nitrogen functional groups attached to an aromatic ring is 1. The van der Waals surface area contributed by atoms with Crippen molar-refractivity contribution >= 4 is 32.2 Å². The van der Waals surface area contributed by atoms with Crippen LogP contribution >= 0.6 is 11.5 Å². The highest BCUT2D eigenvalue weighted by atomic mass is 32.2. The molecule has 1 fully saturated rings. The van der Waals surface area contributed by atoms with Crippen molar-refractivity contribution < 1.29 is 8.42 Å². The fourth-order valence-corrected chi connectivity index (χ4v) is 4.72. The Balaban J connectivity index is 2.16. The van der Waals surface area contributed by atoms with Gasteiger partial charge in [-0.15, -0.1) is 0 Å². The Labute approximate surface area is 124 Å². The Morgan fingerprint density at radius 2 is 1.95 bits per heavy atom. The molecule has 0 spiro atoms. The van der Waals surface area contributed by atoms with Gasteiger partial charge in [0.25, 0.3) is 0 Å². The van der Waals surface area contributed by atoms with E-state index in [1.807, 2.05) is 0 Å². The van der Waals surface area contributed by atoms with Gasteiger partial charge in [-0.25, -0.2) is 8.42 Å². The zero-order valence-corrected chi connectivity index (χ0v) is 13.8. The standard InChI is InChI=1S/C12H22N4O2S2/c1-4-9(2)15-5-7-16(8-6-15)12-10(20(3,17)18)11(13)14-19-12/h9H,4-8H2,1-3H3,(H2,13,14). The average Bonchev–Trinajstić information content (AvgIpc) is 2.80. The first-order valence-electron chi connectivity index (χ1n) is 6.78. The predicted molar refractivity (Wildman–Crippen MR) is 83.2 cm³/mol. The van der Waals surface area contributed by atoms with E-state index in [0.717, 1.165) is 32.6 Å². The van der Waals surface area contributed by atoms with E-state index in [-0.39, 0.29) is 10.7 Å². The van der Waals surface area contributed by atoms with E-state index in [9.17, 15) is 8.42 Å². The number of aromatic nitrogens is 1. The van der Waals surface area contributed by atoms with Gasteiger partial charge in [0.05, 0.1) is 0 Å². The highest BCUT2D eigenvalue weighted by Gasteiger charge is 2.28. The molecule has 114 valence electrons. The number of piperazine rings is 1. The lowest BCUT2D eigenvalue weighted by Crippen LogP contribution is -2.49. The lowest BCUT2D eigenvalue weighted by molar-refractivity contribution is 0.193. The molecule has 2 N–H and O–H groups in total. The summed E-state index contributed by atoms with van der Waals surface area (Å²) in [5.41, 5.74) is 5.71. The fraction of sp³-hybridized carbons (Fsp3) is 0.750. The zero-order chi connectivity index (χ0) is 14.9. The number of sulfone groups is 1. The second-order valence-corrected chi connectivity index (χ2v) is 7.96. The lowest BCUT2D eigenvalue weighted by atomic mass is 10.2. The van der Waals surface area contributed by atoms with E-state index in [1.165, 1.54) is 17.8 Å². The monoisotopic (exact) mass is 318 g/mol. The van der Waals surface area contributed by atoms with Gasteiger partial charge >= 0.3 is 0 Å². The van der Waals surface area contributed by atoms with Gasteiger partial charge in [0.2, 0.25) is 0 Å². The zero-order valence-electron chi connectivity index (χ0n) is 12.2. The molecule has 1 aliphatic heterocycles. The average molecular weight is 318 g/mol. The molecule has 1 aromatic heterocycles. The summed E-state index contributed by atoms with van der Waals surface area (Å²) in [6, 6.07) is 0.568. The normalized spacial score (nSPS) is 19.2. The van der Waals surface area contributed by atoms with E-state index in [4.69, 9.17) is 5.73 Å². The molecule has 1 aromatic rings. The van der Waals surface area contributed by atoms with Crippen molar-refractivity contribution in [3.8, 4) is 0 Å². The highest BCUT2D eigenvalue weighted by Crippen LogP contribution is 2.35. The van der Waals surface area contributed by atoms with Crippen LogP contribution in [0.4, 0.5) is 10.8 Å². The molecule has 2 heterocycles. The van der Waals surface area contributed by atoms with Crippen LogP contribution in [0.3, 0.4) is 0 Å². The van der Waals surface area contributed by atoms with Gasteiger partial charge in [-0.05, 0) is 24.9 Å². The van der Waals surface area contributed by atoms with Crippen molar-refractivity contribution in [2.45, 2.75) is 31.2 Å². The van der Waals surface area contributed by atoms with Crippen LogP contribution in [0, 0.1) is 0 Å². The third-order valence-electron chi connectivity index (χ3n) is 3.84. The Bertz CT molecular complexity index is 562. The highest BCUT2D eigenvalue weighted by molar-refractivity contribution is 7.91. The van der Waals surface area contributed by atoms with Crippen molar-refractivity contribution in [1.82, 2.24) is 9.27 Å². The molecule has 0 bridgehead atoms. The minimum Gasteiger partial charge on any atom is -0.382 e. The Hall–Kier alpha value is -0.860. The summed E-state index contributed by atoms with van der Waals surface area (Å²) < 4.78 is 27.7. The molecule has 0 saturated carbocycles. The van der Waals surface area contributed by atoms with Crippen molar-refractivity contribution in [1.29, 1.82) is 0 Å². The predicted octanol–water partition coefficient (Wildman–Crippen LogP) is 1.05. The molecule has 0 aliphatic carbocycles. The van der Waals surface area contributed by atoms with Crippen LogP contribution in [0.2, 0.25) is 0 Å². The number of hydrogen-bond donors (Lipinski definition) is 1. The largest absolute Gasteiger partial charge is 0.382 e. The molecule has 1 saturated heterocycles. The van der Waals surface area contributed by atoms with Gasteiger partial charge < -0.3 is 10.6 Å². The molecule has 2 rings (SSSR count). The van der Waals surface area contributed by atoms with Crippen LogP contribution in [0.15, 0.2) is 4.90 Å². The number of hydrogen-bond acceptors (Lipinski definition) is 7. The van der Waals surface area contributed by atoms with E-state index >= 15 is 0 Å². The van der Waals surface area contributed by atoms with Crippen LogP contribution in [0.5, 0.6) is 0 Å². The molecule has 0 aromatic carbocycles. The topological polar surface area (TPSA) is 79.5 Å². The molecule has 1 unspecified atom stereocenters. The first-order chi connectivity index (χ1) is 9.34. The number of nitrogens with two attached hydrogens (primary N) is 1. The van der Waals surface area contributed by atoms with E-state index < -0.39 is 9.84 Å². The summed E-state index contributed by atoms with van der Waals surface area (Å²) in [6.45, 7) is 7.92. The minimum absolute atomic E-state index is 0.122. The molecule has 1 atom stereocenters. The smallest absolute Gasteiger partial charge is 0.182 e. The van der Waals surface area contributed by atoms with Gasteiger partial charge in [0.15, 0.2) is 15.7 Å². The maximum Gasteiger partial charge on any atom is 0.182 e. The molecule has 1 aliphatic rings. The summed E-state index contributed by atoms with van der Waals surface area (Å²) in [5, 5.41) is 0.689. The first kappa shape index (κ1) is 15.5. The van der Waals surface area contributed by atoms with Crippen LogP contribution in [0.25, 0.3) is 0 Å². The molecular weight excluding hydrogens is 296 g/mol. The molecule has 0 amide bonds. The van der Waals surface area contributed by atoms with Gasteiger partial charge in [0, 0.05) is 38.5 Å². The van der Waals surface area contributed by atoms with E-state index in [1.54, 1.807) is 0 Å². The van der Waals surface area contributed by atoms with E-state index in [2.05, 4.69) is 28.0 Å². The van der Waals surface area contributed by atoms with Gasteiger partial charge in [-0.1, -0.05) is 6.92 Å². The summed E-state index contributed by atoms with van der Waals surface area (Å²) in [6.07, 6.45) is 2.31. The molecule has 0 radical (unpaired) electrons. The van der Waals surface area contributed by atoms with Crippen molar-refractivity contribution in [2.75, 3.05) is 43.1 Å². The molecule has 6 nitrogen and oxygen atoms in total. The Morgan fingerprint density at radius 3 is 2.45 bits per heavy atom. The Kier molecular flexibility index (Phi) is 4.55. The van der Waals surface area contributed by atoms with Crippen LogP contribution in [-0.2, 0) is 9.84 Å². The quantitative estimate of drug-likeness (QED) is 0.894. The number of nitrogens with zero attached hydrogens (tertiary/aromatic N) is 3. The van der Waals surface area contributed by atoms with Crippen LogP contribution < -0.4 is 10.6 Å². The minimum atomic E-state index is -3.34.